The van der Waals surface area contributed by atoms with E-state index < -0.39 is 0 Å². The van der Waals surface area contributed by atoms with E-state index >= 15 is 0 Å². The molecule has 0 aromatic carbocycles. The van der Waals surface area contributed by atoms with Gasteiger partial charge < -0.3 is 5.32 Å². The molecule has 110 valence electrons. The number of ketones is 1. The summed E-state index contributed by atoms with van der Waals surface area (Å²) in [5, 5.41) is 3.41. The molecule has 1 aromatic heterocycles. The zero-order valence-corrected chi connectivity index (χ0v) is 13.4. The fraction of sp³-hybridized carbons (Fsp3) is 0.667. The van der Waals surface area contributed by atoms with Gasteiger partial charge >= 0.3 is 0 Å². The van der Waals surface area contributed by atoms with Crippen molar-refractivity contribution in [1.29, 1.82) is 0 Å². The van der Waals surface area contributed by atoms with Crippen LogP contribution in [0.15, 0.2) is 0 Å². The summed E-state index contributed by atoms with van der Waals surface area (Å²) in [5.74, 6) is 0.119. The zero-order valence-electron chi connectivity index (χ0n) is 12.6. The van der Waals surface area contributed by atoms with Crippen molar-refractivity contribution in [3.63, 3.8) is 0 Å². The Kier molecular flexibility index (Phi) is 4.28. The highest BCUT2D eigenvalue weighted by atomic mass is 32.1. The van der Waals surface area contributed by atoms with E-state index in [4.69, 9.17) is 0 Å². The van der Waals surface area contributed by atoms with E-state index in [9.17, 15) is 9.59 Å². The van der Waals surface area contributed by atoms with Gasteiger partial charge in [-0.3, -0.25) is 9.59 Å². The highest BCUT2D eigenvalue weighted by molar-refractivity contribution is 7.17. The maximum Gasteiger partial charge on any atom is 0.228 e. The number of fused-ring (bicyclic) bond motifs is 1. The van der Waals surface area contributed by atoms with Crippen LogP contribution < -0.4 is 5.32 Å². The van der Waals surface area contributed by atoms with Crippen LogP contribution in [0.1, 0.15) is 62.3 Å². The van der Waals surface area contributed by atoms with Gasteiger partial charge in [-0.05, 0) is 18.3 Å². The van der Waals surface area contributed by atoms with Gasteiger partial charge in [-0.1, -0.05) is 45.5 Å². The van der Waals surface area contributed by atoms with Crippen LogP contribution in [0.3, 0.4) is 0 Å². The molecule has 20 heavy (non-hydrogen) atoms. The molecule has 0 fully saturated rings. The van der Waals surface area contributed by atoms with Crippen LogP contribution in [0.5, 0.6) is 0 Å². The van der Waals surface area contributed by atoms with Crippen LogP contribution in [0.25, 0.3) is 0 Å². The molecule has 0 unspecified atom stereocenters. The lowest BCUT2D eigenvalue weighted by atomic mass is 9.78. The average molecular weight is 294 g/mol. The van der Waals surface area contributed by atoms with Gasteiger partial charge in [0.15, 0.2) is 10.9 Å². The number of hydrogen-bond acceptors (Lipinski definition) is 4. The maximum absolute atomic E-state index is 12.1. The Morgan fingerprint density at radius 2 is 2.15 bits per heavy atom. The van der Waals surface area contributed by atoms with E-state index in [1.54, 1.807) is 0 Å². The second-order valence-electron chi connectivity index (χ2n) is 6.41. The predicted molar refractivity (Wildman–Crippen MR) is 81.2 cm³/mol. The summed E-state index contributed by atoms with van der Waals surface area (Å²) in [4.78, 5) is 29.3. The fourth-order valence-electron chi connectivity index (χ4n) is 2.57. The predicted octanol–water partition coefficient (Wildman–Crippen LogP) is 3.67. The van der Waals surface area contributed by atoms with Crippen LogP contribution >= 0.6 is 11.3 Å². The molecule has 1 atom stereocenters. The molecule has 1 amide bonds. The van der Waals surface area contributed by atoms with Gasteiger partial charge in [-0.2, -0.15) is 0 Å². The summed E-state index contributed by atoms with van der Waals surface area (Å²) in [6.07, 6.45) is 3.20. The number of hydrogen-bond donors (Lipinski definition) is 1. The number of amides is 1. The third kappa shape index (κ3) is 3.26. The van der Waals surface area contributed by atoms with E-state index in [0.717, 1.165) is 29.8 Å². The summed E-state index contributed by atoms with van der Waals surface area (Å²) < 4.78 is 0. The Morgan fingerprint density at radius 3 is 2.80 bits per heavy atom. The first-order valence-corrected chi connectivity index (χ1v) is 7.98. The summed E-state index contributed by atoms with van der Waals surface area (Å²) >= 11 is 1.32. The molecular weight excluding hydrogens is 272 g/mol. The largest absolute Gasteiger partial charge is 0.302 e. The van der Waals surface area contributed by atoms with E-state index in [1.807, 2.05) is 6.92 Å². The van der Waals surface area contributed by atoms with Crippen LogP contribution in [0, 0.1) is 11.3 Å². The number of nitrogens with zero attached hydrogens (tertiary/aromatic N) is 1. The second-order valence-corrected chi connectivity index (χ2v) is 7.41. The number of carbonyl (C=O) groups is 2. The SMILES string of the molecule is CCC[C@@H](C)C(=O)Nc1nc2c(s1)C(=O)CC(C)(C)C2. The van der Waals surface area contributed by atoms with Crippen molar-refractivity contribution in [3.8, 4) is 0 Å². The minimum absolute atomic E-state index is 0.00958. The standard InChI is InChI=1S/C15H22N2O2S/c1-5-6-9(2)13(19)17-14-16-10-7-15(3,4)8-11(18)12(10)20-14/h9H,5-8H2,1-4H3,(H,16,17,19)/t9-/m1/s1. The summed E-state index contributed by atoms with van der Waals surface area (Å²) in [5.41, 5.74) is 0.810. The third-order valence-corrected chi connectivity index (χ3v) is 4.69. The topological polar surface area (TPSA) is 59.1 Å². The molecule has 1 aromatic rings. The Morgan fingerprint density at radius 1 is 1.45 bits per heavy atom. The van der Waals surface area contributed by atoms with Crippen molar-refractivity contribution >= 4 is 28.2 Å². The van der Waals surface area contributed by atoms with Gasteiger partial charge in [0, 0.05) is 12.3 Å². The van der Waals surface area contributed by atoms with Gasteiger partial charge in [0.25, 0.3) is 0 Å². The lowest BCUT2D eigenvalue weighted by molar-refractivity contribution is -0.119. The smallest absolute Gasteiger partial charge is 0.228 e. The number of carbonyl (C=O) groups excluding carboxylic acids is 2. The van der Waals surface area contributed by atoms with Crippen molar-refractivity contribution in [3.05, 3.63) is 10.6 Å². The molecule has 2 rings (SSSR count). The Balaban J connectivity index is 2.13. The molecule has 0 spiro atoms. The van der Waals surface area contributed by atoms with E-state index in [1.165, 1.54) is 11.3 Å². The molecule has 5 heteroatoms. The van der Waals surface area contributed by atoms with Gasteiger partial charge in [0.1, 0.15) is 0 Å². The highest BCUT2D eigenvalue weighted by Crippen LogP contribution is 2.38. The molecular formula is C15H22N2O2S. The van der Waals surface area contributed by atoms with Gasteiger partial charge in [-0.15, -0.1) is 0 Å². The number of nitrogens with one attached hydrogen (secondary N) is 1. The second kappa shape index (κ2) is 5.64. The lowest BCUT2D eigenvalue weighted by Crippen LogP contribution is -2.26. The molecule has 1 aliphatic carbocycles. The van der Waals surface area contributed by atoms with Gasteiger partial charge in [-0.25, -0.2) is 4.98 Å². The van der Waals surface area contributed by atoms with Crippen LogP contribution in [0.4, 0.5) is 5.13 Å². The van der Waals surface area contributed by atoms with Gasteiger partial charge in [0.05, 0.1) is 10.6 Å². The highest BCUT2D eigenvalue weighted by Gasteiger charge is 2.34. The number of thiazole rings is 1. The number of anilines is 1. The third-order valence-electron chi connectivity index (χ3n) is 3.64. The van der Waals surface area contributed by atoms with Crippen molar-refractivity contribution < 1.29 is 9.59 Å². The molecule has 0 aliphatic heterocycles. The number of Topliss-reactive ketones (excluding diaryl/α,β-unsaturated/α-hetero) is 1. The molecule has 0 bridgehead atoms. The van der Waals surface area contributed by atoms with Gasteiger partial charge in [0.2, 0.25) is 5.91 Å². The number of rotatable bonds is 4. The van der Waals surface area contributed by atoms with Crippen molar-refractivity contribution in [2.45, 2.75) is 53.4 Å². The molecule has 0 saturated carbocycles. The van der Waals surface area contributed by atoms with E-state index in [-0.39, 0.29) is 23.0 Å². The van der Waals surface area contributed by atoms with Crippen LogP contribution in [-0.4, -0.2) is 16.7 Å². The van der Waals surface area contributed by atoms with Crippen LogP contribution in [0.2, 0.25) is 0 Å². The molecule has 4 nitrogen and oxygen atoms in total. The normalized spacial score (nSPS) is 18.5. The first-order chi connectivity index (χ1) is 9.32. The maximum atomic E-state index is 12.1. The molecule has 1 aliphatic rings. The van der Waals surface area contributed by atoms with Crippen molar-refractivity contribution in [1.82, 2.24) is 4.98 Å². The zero-order chi connectivity index (χ0) is 14.9. The Hall–Kier alpha value is -1.23. The summed E-state index contributed by atoms with van der Waals surface area (Å²) in [6.45, 7) is 8.14. The Bertz CT molecular complexity index is 534. The van der Waals surface area contributed by atoms with Crippen molar-refractivity contribution in [2.24, 2.45) is 11.3 Å². The molecule has 0 saturated heterocycles. The monoisotopic (exact) mass is 294 g/mol. The molecule has 0 radical (unpaired) electrons. The van der Waals surface area contributed by atoms with E-state index in [2.05, 4.69) is 31.1 Å². The average Bonchev–Trinajstić information content (AvgIpc) is 2.70. The van der Waals surface area contributed by atoms with Crippen molar-refractivity contribution in [2.75, 3.05) is 5.32 Å². The van der Waals surface area contributed by atoms with E-state index in [0.29, 0.717) is 11.6 Å². The first-order valence-electron chi connectivity index (χ1n) is 7.16. The lowest BCUT2D eigenvalue weighted by Gasteiger charge is -2.26. The minimum atomic E-state index is -0.0328. The molecule has 1 N–H and O–H groups in total. The summed E-state index contributed by atoms with van der Waals surface area (Å²) in [6, 6.07) is 0. The number of aromatic nitrogens is 1. The Labute approximate surface area is 124 Å². The fourth-order valence-corrected chi connectivity index (χ4v) is 3.49. The van der Waals surface area contributed by atoms with Crippen LogP contribution in [-0.2, 0) is 11.2 Å². The molecule has 1 heterocycles. The summed E-state index contributed by atoms with van der Waals surface area (Å²) in [7, 11) is 0. The minimum Gasteiger partial charge on any atom is -0.302 e. The quantitative estimate of drug-likeness (QED) is 0.921. The first kappa shape index (κ1) is 15.2.